The molecule has 2 rings (SSSR count). The summed E-state index contributed by atoms with van der Waals surface area (Å²) in [5.74, 6) is -0.409. The number of hydrogen-bond acceptors (Lipinski definition) is 9. The lowest BCUT2D eigenvalue weighted by Crippen LogP contribution is -2.61. The van der Waals surface area contributed by atoms with E-state index in [2.05, 4.69) is 16.6 Å². The Morgan fingerprint density at radius 2 is 1.89 bits per heavy atom. The lowest BCUT2D eigenvalue weighted by molar-refractivity contribution is -0.271. The van der Waals surface area contributed by atoms with Gasteiger partial charge in [0.1, 0.15) is 36.8 Å². The number of terminal acetylenes is 1. The van der Waals surface area contributed by atoms with Crippen LogP contribution in [0.15, 0.2) is 18.2 Å². The predicted molar refractivity (Wildman–Crippen MR) is 128 cm³/mol. The molecule has 1 aromatic carbocycles. The van der Waals surface area contributed by atoms with E-state index in [1.165, 1.54) is 18.2 Å². The van der Waals surface area contributed by atoms with Crippen LogP contribution in [0.2, 0.25) is 0 Å². The van der Waals surface area contributed by atoms with Crippen molar-refractivity contribution >= 4 is 23.5 Å². The molecule has 1 aliphatic rings. The molecule has 6 atom stereocenters. The number of aliphatic hydroxyl groups excluding tert-OH is 3. The number of rotatable bonds is 13. The Morgan fingerprint density at radius 3 is 2.51 bits per heavy atom. The molecule has 1 fully saturated rings. The van der Waals surface area contributed by atoms with Crippen LogP contribution in [0.1, 0.15) is 37.7 Å². The highest BCUT2D eigenvalue weighted by atomic mass is 19.1. The quantitative estimate of drug-likeness (QED) is 0.129. The van der Waals surface area contributed by atoms with E-state index < -0.39 is 55.3 Å². The van der Waals surface area contributed by atoms with Gasteiger partial charge >= 0.3 is 5.97 Å². The van der Waals surface area contributed by atoms with E-state index >= 15 is 0 Å². The fourth-order valence-corrected chi connectivity index (χ4v) is 3.58. The fraction of sp³-hybridized carbons (Fsp3) is 0.542. The normalized spacial score (nSPS) is 23.9. The first-order chi connectivity index (χ1) is 17.6. The summed E-state index contributed by atoms with van der Waals surface area (Å²) in [6.45, 7) is -0.556. The molecular formula is C24H32FN3O9. The number of benzene rings is 1. The Hall–Kier alpha value is -3.28. The van der Waals surface area contributed by atoms with Crippen molar-refractivity contribution < 1.29 is 48.7 Å². The van der Waals surface area contributed by atoms with Crippen LogP contribution < -0.4 is 21.1 Å². The van der Waals surface area contributed by atoms with E-state index in [1.807, 2.05) is 0 Å². The number of carboxylic acid groups (broad SMARTS) is 1. The molecule has 8 N–H and O–H groups in total. The molecule has 0 saturated carbocycles. The second-order valence-electron chi connectivity index (χ2n) is 8.43. The molecular weight excluding hydrogens is 493 g/mol. The molecule has 0 radical (unpaired) electrons. The molecule has 13 heteroatoms. The number of carbonyl (C=O) groups excluding carboxylic acids is 2. The van der Waals surface area contributed by atoms with Crippen LogP contribution in [-0.4, -0.2) is 81.5 Å². The molecule has 0 aromatic heterocycles. The maximum atomic E-state index is 13.8. The summed E-state index contributed by atoms with van der Waals surface area (Å²) in [5, 5.41) is 44.1. The van der Waals surface area contributed by atoms with Gasteiger partial charge in [-0.1, -0.05) is 6.42 Å². The average Bonchev–Trinajstić information content (AvgIpc) is 2.87. The number of alkyl halides is 1. The van der Waals surface area contributed by atoms with Gasteiger partial charge in [0.15, 0.2) is 6.10 Å². The smallest absolute Gasteiger partial charge is 0.335 e. The first kappa shape index (κ1) is 29.9. The summed E-state index contributed by atoms with van der Waals surface area (Å²) in [6, 6.07) is 2.77. The van der Waals surface area contributed by atoms with Gasteiger partial charge in [-0.15, -0.1) is 12.3 Å². The maximum absolute atomic E-state index is 13.8. The highest BCUT2D eigenvalue weighted by Crippen LogP contribution is 2.29. The molecule has 1 heterocycles. The van der Waals surface area contributed by atoms with Gasteiger partial charge in [0.05, 0.1) is 0 Å². The number of ether oxygens (including phenoxy) is 2. The Labute approximate surface area is 212 Å². The first-order valence-electron chi connectivity index (χ1n) is 11.6. The Morgan fingerprint density at radius 1 is 1.16 bits per heavy atom. The number of nitrogens with two attached hydrogens (primary N) is 1. The van der Waals surface area contributed by atoms with Crippen LogP contribution in [0, 0.1) is 12.3 Å². The van der Waals surface area contributed by atoms with Gasteiger partial charge < -0.3 is 46.3 Å². The highest BCUT2D eigenvalue weighted by Gasteiger charge is 2.48. The molecule has 6 unspecified atom stereocenters. The number of aliphatic hydroxyl groups is 3. The van der Waals surface area contributed by atoms with Gasteiger partial charge in [0, 0.05) is 24.1 Å². The lowest BCUT2D eigenvalue weighted by atomic mass is 9.99. The van der Waals surface area contributed by atoms with Crippen molar-refractivity contribution in [3.63, 3.8) is 0 Å². The van der Waals surface area contributed by atoms with E-state index in [9.17, 15) is 34.1 Å². The Bertz CT molecular complexity index is 987. The standard InChI is InChI=1S/C24H32FN3O9/c1-2-6-15(28-17(29)7-4-3-5-10-26)22(33)27-14-8-9-16(13(11-14)12-25)36-24-20(32)18(30)19(31)21(37-24)23(34)35/h1,8-9,11,15,18-21,24,30-32H,3-7,10,12,26H2,(H,27,33)(H,28,29)(H,34,35). The first-order valence-corrected chi connectivity index (χ1v) is 11.6. The summed E-state index contributed by atoms with van der Waals surface area (Å²) in [6.07, 6.45) is -1.64. The third kappa shape index (κ3) is 8.38. The van der Waals surface area contributed by atoms with Crippen molar-refractivity contribution in [3.05, 3.63) is 23.8 Å². The highest BCUT2D eigenvalue weighted by molar-refractivity contribution is 5.97. The summed E-state index contributed by atoms with van der Waals surface area (Å²) >= 11 is 0. The SMILES string of the molecule is C#CCC(NC(=O)CCCCCN)C(=O)Nc1ccc(OC2OC(C(=O)O)C(O)C(O)C2O)c(CF)c1. The number of aliphatic carboxylic acids is 1. The predicted octanol–water partition coefficient (Wildman–Crippen LogP) is -0.607. The topological polar surface area (TPSA) is 201 Å². The molecule has 0 bridgehead atoms. The van der Waals surface area contributed by atoms with Crippen LogP contribution in [0.25, 0.3) is 0 Å². The molecule has 12 nitrogen and oxygen atoms in total. The van der Waals surface area contributed by atoms with E-state index in [0.29, 0.717) is 13.0 Å². The van der Waals surface area contributed by atoms with Crippen molar-refractivity contribution in [2.45, 2.75) is 75.5 Å². The van der Waals surface area contributed by atoms with Crippen molar-refractivity contribution in [2.24, 2.45) is 5.73 Å². The molecule has 1 aliphatic heterocycles. The van der Waals surface area contributed by atoms with Crippen molar-refractivity contribution in [1.29, 1.82) is 0 Å². The van der Waals surface area contributed by atoms with Crippen LogP contribution in [0.5, 0.6) is 5.75 Å². The monoisotopic (exact) mass is 525 g/mol. The minimum Gasteiger partial charge on any atom is -0.479 e. The van der Waals surface area contributed by atoms with Gasteiger partial charge in [0.2, 0.25) is 18.1 Å². The van der Waals surface area contributed by atoms with E-state index in [1.54, 1.807) is 0 Å². The van der Waals surface area contributed by atoms with Gasteiger partial charge in [-0.3, -0.25) is 9.59 Å². The molecule has 0 spiro atoms. The van der Waals surface area contributed by atoms with Crippen LogP contribution in [-0.2, 0) is 25.8 Å². The number of nitrogens with one attached hydrogen (secondary N) is 2. The number of hydrogen-bond donors (Lipinski definition) is 7. The second kappa shape index (κ2) is 14.5. The third-order valence-electron chi connectivity index (χ3n) is 5.61. The molecule has 37 heavy (non-hydrogen) atoms. The Balaban J connectivity index is 2.08. The average molecular weight is 526 g/mol. The van der Waals surface area contributed by atoms with Crippen molar-refractivity contribution in [2.75, 3.05) is 11.9 Å². The van der Waals surface area contributed by atoms with E-state index in [4.69, 9.17) is 26.7 Å². The van der Waals surface area contributed by atoms with Crippen LogP contribution in [0.3, 0.4) is 0 Å². The summed E-state index contributed by atoms with van der Waals surface area (Å²) in [4.78, 5) is 36.1. The zero-order valence-electron chi connectivity index (χ0n) is 20.0. The van der Waals surface area contributed by atoms with Gasteiger partial charge in [-0.2, -0.15) is 0 Å². The van der Waals surface area contributed by atoms with Crippen molar-refractivity contribution in [3.8, 4) is 18.1 Å². The number of anilines is 1. The summed E-state index contributed by atoms with van der Waals surface area (Å²) in [5.41, 5.74) is 5.47. The molecule has 204 valence electrons. The zero-order chi connectivity index (χ0) is 27.5. The van der Waals surface area contributed by atoms with Crippen LogP contribution >= 0.6 is 0 Å². The fourth-order valence-electron chi connectivity index (χ4n) is 3.58. The number of carboxylic acids is 1. The number of halogens is 1. The minimum atomic E-state index is -1.91. The zero-order valence-corrected chi connectivity index (χ0v) is 20.0. The molecule has 0 aliphatic carbocycles. The maximum Gasteiger partial charge on any atom is 0.335 e. The minimum absolute atomic E-state index is 0.0760. The number of carbonyl (C=O) groups is 3. The van der Waals surface area contributed by atoms with E-state index in [-0.39, 0.29) is 35.7 Å². The number of unbranched alkanes of at least 4 members (excludes halogenated alkanes) is 2. The third-order valence-corrected chi connectivity index (χ3v) is 5.61. The summed E-state index contributed by atoms with van der Waals surface area (Å²) in [7, 11) is 0. The largest absolute Gasteiger partial charge is 0.479 e. The summed E-state index contributed by atoms with van der Waals surface area (Å²) < 4.78 is 24.2. The number of amides is 2. The van der Waals surface area contributed by atoms with Gasteiger partial charge in [-0.25, -0.2) is 9.18 Å². The van der Waals surface area contributed by atoms with Crippen molar-refractivity contribution in [1.82, 2.24) is 5.32 Å². The van der Waals surface area contributed by atoms with Gasteiger partial charge in [-0.05, 0) is 37.6 Å². The van der Waals surface area contributed by atoms with Gasteiger partial charge in [0.25, 0.3) is 0 Å². The van der Waals surface area contributed by atoms with Crippen LogP contribution in [0.4, 0.5) is 10.1 Å². The molecule has 2 amide bonds. The Kier molecular flexibility index (Phi) is 11.7. The van der Waals surface area contributed by atoms with E-state index in [0.717, 1.165) is 12.8 Å². The lowest BCUT2D eigenvalue weighted by Gasteiger charge is -2.38. The molecule has 1 aromatic rings. The second-order valence-corrected chi connectivity index (χ2v) is 8.43. The molecule has 1 saturated heterocycles.